The third-order valence-electron chi connectivity index (χ3n) is 6.20. The molecule has 1 aromatic rings. The third-order valence-corrected chi connectivity index (χ3v) is 7.11. The second kappa shape index (κ2) is 10.4. The van der Waals surface area contributed by atoms with Gasteiger partial charge in [0.2, 0.25) is 11.8 Å². The molecule has 3 aliphatic heterocycles. The van der Waals surface area contributed by atoms with Gasteiger partial charge in [0.05, 0.1) is 11.5 Å². The first-order valence-electron chi connectivity index (χ1n) is 11.2. The number of thioether (sulfide) groups is 1. The lowest BCUT2D eigenvalue weighted by molar-refractivity contribution is -0.129. The number of Topliss-reactive ketones (excluding diaryl/α,β-unsaturated/α-hetero) is 1. The van der Waals surface area contributed by atoms with Crippen LogP contribution in [-0.2, 0) is 9.59 Å². The maximum atomic E-state index is 12.9. The van der Waals surface area contributed by atoms with E-state index in [1.165, 1.54) is 18.2 Å². The van der Waals surface area contributed by atoms with Crippen LogP contribution >= 0.6 is 11.8 Å². The van der Waals surface area contributed by atoms with Crippen molar-refractivity contribution in [2.24, 2.45) is 5.92 Å². The van der Waals surface area contributed by atoms with Crippen LogP contribution in [0, 0.1) is 5.92 Å². The van der Waals surface area contributed by atoms with Crippen LogP contribution in [0.3, 0.4) is 0 Å². The molecule has 0 unspecified atom stereocenters. The quantitative estimate of drug-likeness (QED) is 0.626. The van der Waals surface area contributed by atoms with Gasteiger partial charge in [0.25, 0.3) is 0 Å². The molecule has 168 valence electrons. The number of ether oxygens (including phenoxy) is 2. The van der Waals surface area contributed by atoms with E-state index in [4.69, 9.17) is 9.47 Å². The van der Waals surface area contributed by atoms with Gasteiger partial charge in [0.15, 0.2) is 17.3 Å². The highest BCUT2D eigenvalue weighted by Gasteiger charge is 2.29. The van der Waals surface area contributed by atoms with Crippen LogP contribution in [0.5, 0.6) is 11.5 Å². The van der Waals surface area contributed by atoms with Gasteiger partial charge in [-0.15, -0.1) is 11.8 Å². The number of hydrogen-bond donors (Lipinski definition) is 0. The summed E-state index contributed by atoms with van der Waals surface area (Å²) >= 11 is 1.40. The number of rotatable bonds is 6. The van der Waals surface area contributed by atoms with Gasteiger partial charge < -0.3 is 19.3 Å². The summed E-state index contributed by atoms with van der Waals surface area (Å²) in [5, 5.41) is 0. The van der Waals surface area contributed by atoms with Gasteiger partial charge in [-0.2, -0.15) is 0 Å². The molecule has 0 bridgehead atoms. The molecule has 0 saturated carbocycles. The average molecular weight is 447 g/mol. The first-order chi connectivity index (χ1) is 15.1. The topological polar surface area (TPSA) is 76.1 Å². The predicted molar refractivity (Wildman–Crippen MR) is 119 cm³/mol. The number of piperidine rings is 2. The van der Waals surface area contributed by atoms with Crippen molar-refractivity contribution < 1.29 is 23.9 Å². The van der Waals surface area contributed by atoms with E-state index < -0.39 is 0 Å². The summed E-state index contributed by atoms with van der Waals surface area (Å²) in [6.45, 7) is 3.88. The van der Waals surface area contributed by atoms with Gasteiger partial charge in [0, 0.05) is 37.7 Å². The summed E-state index contributed by atoms with van der Waals surface area (Å²) in [6, 6.07) is 5.36. The first kappa shape index (κ1) is 22.0. The zero-order valence-electron chi connectivity index (χ0n) is 17.8. The van der Waals surface area contributed by atoms with Crippen LogP contribution in [0.1, 0.15) is 42.5 Å². The molecule has 7 nitrogen and oxygen atoms in total. The van der Waals surface area contributed by atoms with Crippen molar-refractivity contribution in [3.8, 4) is 11.5 Å². The molecule has 1 aromatic carbocycles. The van der Waals surface area contributed by atoms with Crippen LogP contribution in [0.2, 0.25) is 0 Å². The van der Waals surface area contributed by atoms with E-state index in [1.807, 2.05) is 9.80 Å². The van der Waals surface area contributed by atoms with Crippen LogP contribution in [0.4, 0.5) is 0 Å². The van der Waals surface area contributed by atoms with Crippen LogP contribution in [0.15, 0.2) is 18.2 Å². The smallest absolute Gasteiger partial charge is 0.232 e. The summed E-state index contributed by atoms with van der Waals surface area (Å²) < 4.78 is 11.1. The number of carbonyl (C=O) groups is 3. The minimum atomic E-state index is -0.0834. The molecule has 0 spiro atoms. The van der Waals surface area contributed by atoms with E-state index >= 15 is 0 Å². The van der Waals surface area contributed by atoms with Gasteiger partial charge in [-0.25, -0.2) is 0 Å². The molecule has 0 aliphatic carbocycles. The minimum absolute atomic E-state index is 0.0571. The lowest BCUT2D eigenvalue weighted by Gasteiger charge is -2.31. The molecule has 31 heavy (non-hydrogen) atoms. The van der Waals surface area contributed by atoms with Crippen LogP contribution in [0.25, 0.3) is 0 Å². The Hall–Kier alpha value is -2.22. The zero-order valence-corrected chi connectivity index (χ0v) is 18.7. The Bertz CT molecular complexity index is 816. The highest BCUT2D eigenvalue weighted by molar-refractivity contribution is 8.00. The molecule has 0 N–H and O–H groups in total. The lowest BCUT2D eigenvalue weighted by atomic mass is 9.88. The van der Waals surface area contributed by atoms with Crippen molar-refractivity contribution in [2.75, 3.05) is 50.9 Å². The number of carbonyl (C=O) groups excluding carboxylic acids is 3. The fraction of sp³-hybridized carbons (Fsp3) is 0.609. The molecular formula is C23H30N2O5S. The zero-order chi connectivity index (χ0) is 21.6. The molecule has 2 fully saturated rings. The maximum absolute atomic E-state index is 12.9. The Balaban J connectivity index is 1.20. The number of likely N-dealkylation sites (tertiary alicyclic amines) is 2. The van der Waals surface area contributed by atoms with Crippen molar-refractivity contribution in [3.63, 3.8) is 0 Å². The van der Waals surface area contributed by atoms with Crippen molar-refractivity contribution in [1.29, 1.82) is 0 Å². The molecule has 0 aromatic heterocycles. The monoisotopic (exact) mass is 446 g/mol. The van der Waals surface area contributed by atoms with E-state index in [9.17, 15) is 14.4 Å². The highest BCUT2D eigenvalue weighted by atomic mass is 32.2. The van der Waals surface area contributed by atoms with E-state index in [1.54, 1.807) is 18.2 Å². The largest absolute Gasteiger partial charge is 0.486 e. The van der Waals surface area contributed by atoms with Gasteiger partial charge in [0.1, 0.15) is 13.2 Å². The molecule has 3 heterocycles. The summed E-state index contributed by atoms with van der Waals surface area (Å²) in [7, 11) is 0. The summed E-state index contributed by atoms with van der Waals surface area (Å²) in [6.07, 6.45) is 4.68. The normalized spacial score (nSPS) is 19.2. The predicted octanol–water partition coefficient (Wildman–Crippen LogP) is 2.62. The van der Waals surface area contributed by atoms with Crippen molar-refractivity contribution in [3.05, 3.63) is 23.8 Å². The SMILES string of the molecule is O=C(c1ccc2c(c1)OCCO2)C1CCN(C(=O)CSCC(=O)N2CCCCC2)CC1. The molecular weight excluding hydrogens is 416 g/mol. The van der Waals surface area contributed by atoms with E-state index in [-0.39, 0.29) is 23.5 Å². The second-order valence-electron chi connectivity index (χ2n) is 8.31. The van der Waals surface area contributed by atoms with Gasteiger partial charge in [-0.3, -0.25) is 14.4 Å². The third kappa shape index (κ3) is 5.53. The number of ketones is 1. The number of amides is 2. The van der Waals surface area contributed by atoms with E-state index in [0.29, 0.717) is 67.7 Å². The van der Waals surface area contributed by atoms with Crippen molar-refractivity contribution in [1.82, 2.24) is 9.80 Å². The Kier molecular flexibility index (Phi) is 7.37. The number of benzene rings is 1. The molecule has 3 aliphatic rings. The Morgan fingerprint density at radius 1 is 0.839 bits per heavy atom. The minimum Gasteiger partial charge on any atom is -0.486 e. The first-order valence-corrected chi connectivity index (χ1v) is 12.3. The van der Waals surface area contributed by atoms with Crippen LogP contribution in [-0.4, -0.2) is 78.3 Å². The Labute approximate surface area is 187 Å². The summed E-state index contributed by atoms with van der Waals surface area (Å²) in [5.41, 5.74) is 0.640. The van der Waals surface area contributed by atoms with E-state index in [2.05, 4.69) is 0 Å². The summed E-state index contributed by atoms with van der Waals surface area (Å²) in [4.78, 5) is 41.4. The average Bonchev–Trinajstić information content (AvgIpc) is 2.83. The fourth-order valence-corrected chi connectivity index (χ4v) is 5.19. The Morgan fingerprint density at radius 2 is 1.45 bits per heavy atom. The summed E-state index contributed by atoms with van der Waals surface area (Å²) in [5.74, 6) is 2.21. The maximum Gasteiger partial charge on any atom is 0.232 e. The van der Waals surface area contributed by atoms with E-state index in [0.717, 1.165) is 25.9 Å². The molecule has 4 rings (SSSR count). The number of nitrogens with zero attached hydrogens (tertiary/aromatic N) is 2. The van der Waals surface area contributed by atoms with Gasteiger partial charge in [-0.1, -0.05) is 0 Å². The Morgan fingerprint density at radius 3 is 2.13 bits per heavy atom. The molecule has 8 heteroatoms. The lowest BCUT2D eigenvalue weighted by Crippen LogP contribution is -2.41. The van der Waals surface area contributed by atoms with Crippen molar-refractivity contribution >= 4 is 29.4 Å². The second-order valence-corrected chi connectivity index (χ2v) is 9.30. The standard InChI is InChI=1S/C23H30N2O5S/c26-21(24-8-2-1-3-9-24)15-31-16-22(27)25-10-6-17(7-11-25)23(28)18-4-5-19-20(14-18)30-13-12-29-19/h4-5,14,17H,1-3,6-13,15-16H2. The van der Waals surface area contributed by atoms with Gasteiger partial charge in [-0.05, 0) is 50.3 Å². The molecule has 0 radical (unpaired) electrons. The van der Waals surface area contributed by atoms with Gasteiger partial charge >= 0.3 is 0 Å². The van der Waals surface area contributed by atoms with Crippen molar-refractivity contribution in [2.45, 2.75) is 32.1 Å². The molecule has 2 saturated heterocycles. The molecule has 0 atom stereocenters. The number of hydrogen-bond acceptors (Lipinski definition) is 6. The number of fused-ring (bicyclic) bond motifs is 1. The van der Waals surface area contributed by atoms with Crippen LogP contribution < -0.4 is 9.47 Å². The molecule has 2 amide bonds. The fourth-order valence-electron chi connectivity index (χ4n) is 4.37. The highest BCUT2D eigenvalue weighted by Crippen LogP contribution is 2.32.